The lowest BCUT2D eigenvalue weighted by molar-refractivity contribution is 0.244. The van der Waals surface area contributed by atoms with Crippen LogP contribution in [-0.4, -0.2) is 0 Å². The van der Waals surface area contributed by atoms with Crippen molar-refractivity contribution in [2.75, 3.05) is 0 Å². The molecule has 0 spiro atoms. The molecular formula is C16H34. The average Bonchev–Trinajstić information content (AvgIpc) is 2.20. The zero-order valence-electron chi connectivity index (χ0n) is 12.4. The highest BCUT2D eigenvalue weighted by atomic mass is 14.3. The zero-order chi connectivity index (χ0) is 12.9. The number of allylic oxidation sites excluding steroid dienone is 1. The Morgan fingerprint density at radius 3 is 1.56 bits per heavy atom. The van der Waals surface area contributed by atoms with Crippen molar-refractivity contribution in [3.8, 4) is 0 Å². The van der Waals surface area contributed by atoms with Gasteiger partial charge in [-0.1, -0.05) is 72.8 Å². The van der Waals surface area contributed by atoms with E-state index in [4.69, 9.17) is 0 Å². The van der Waals surface area contributed by atoms with Crippen LogP contribution in [0, 0.1) is 5.41 Å². The van der Waals surface area contributed by atoms with Gasteiger partial charge in [0, 0.05) is 0 Å². The second-order valence-corrected chi connectivity index (χ2v) is 5.51. The number of hydrogen-bond donors (Lipinski definition) is 0. The van der Waals surface area contributed by atoms with E-state index in [1.807, 2.05) is 6.08 Å². The van der Waals surface area contributed by atoms with Crippen LogP contribution < -0.4 is 0 Å². The molecule has 0 unspecified atom stereocenters. The first-order valence-corrected chi connectivity index (χ1v) is 7.14. The van der Waals surface area contributed by atoms with Gasteiger partial charge in [-0.25, -0.2) is 0 Å². The Hall–Kier alpha value is -0.260. The van der Waals surface area contributed by atoms with E-state index in [0.717, 1.165) is 6.42 Å². The van der Waals surface area contributed by atoms with Gasteiger partial charge in [0.25, 0.3) is 0 Å². The van der Waals surface area contributed by atoms with Crippen molar-refractivity contribution in [3.05, 3.63) is 12.7 Å². The fraction of sp³-hybridized carbons (Fsp3) is 0.875. The highest BCUT2D eigenvalue weighted by molar-refractivity contribution is 4.72. The SMILES string of the molecule is C=CCCC.CC1(C)CCCCC1.CCC. The van der Waals surface area contributed by atoms with Gasteiger partial charge >= 0.3 is 0 Å². The van der Waals surface area contributed by atoms with Crippen LogP contribution in [0.3, 0.4) is 0 Å². The van der Waals surface area contributed by atoms with E-state index < -0.39 is 0 Å². The molecule has 1 rings (SSSR count). The molecule has 0 aromatic rings. The number of rotatable bonds is 2. The molecule has 0 bridgehead atoms. The van der Waals surface area contributed by atoms with Gasteiger partial charge in [-0.3, -0.25) is 0 Å². The first kappa shape index (κ1) is 18.1. The predicted molar refractivity (Wildman–Crippen MR) is 77.9 cm³/mol. The maximum Gasteiger partial charge on any atom is -0.0354 e. The van der Waals surface area contributed by atoms with E-state index in [2.05, 4.69) is 41.2 Å². The van der Waals surface area contributed by atoms with E-state index >= 15 is 0 Å². The molecule has 0 radical (unpaired) electrons. The van der Waals surface area contributed by atoms with Crippen LogP contribution in [0.1, 0.15) is 86.0 Å². The summed E-state index contributed by atoms with van der Waals surface area (Å²) in [6.07, 6.45) is 12.9. The lowest BCUT2D eigenvalue weighted by atomic mass is 9.78. The summed E-state index contributed by atoms with van der Waals surface area (Å²) >= 11 is 0. The van der Waals surface area contributed by atoms with Crippen molar-refractivity contribution in [1.82, 2.24) is 0 Å². The molecule has 98 valence electrons. The zero-order valence-corrected chi connectivity index (χ0v) is 12.4. The molecule has 0 amide bonds. The van der Waals surface area contributed by atoms with Crippen LogP contribution in [0.25, 0.3) is 0 Å². The van der Waals surface area contributed by atoms with Crippen LogP contribution in [0.15, 0.2) is 12.7 Å². The second-order valence-electron chi connectivity index (χ2n) is 5.51. The first-order valence-electron chi connectivity index (χ1n) is 7.14. The topological polar surface area (TPSA) is 0 Å². The van der Waals surface area contributed by atoms with E-state index in [9.17, 15) is 0 Å². The Morgan fingerprint density at radius 1 is 1.00 bits per heavy atom. The summed E-state index contributed by atoms with van der Waals surface area (Å²) in [7, 11) is 0. The van der Waals surface area contributed by atoms with Gasteiger partial charge in [-0.2, -0.15) is 0 Å². The first-order chi connectivity index (χ1) is 7.54. The molecule has 0 atom stereocenters. The second kappa shape index (κ2) is 12.8. The minimum Gasteiger partial charge on any atom is -0.103 e. The fourth-order valence-corrected chi connectivity index (χ4v) is 1.71. The van der Waals surface area contributed by atoms with Crippen molar-refractivity contribution in [3.63, 3.8) is 0 Å². The molecule has 0 nitrogen and oxygen atoms in total. The highest BCUT2D eigenvalue weighted by Crippen LogP contribution is 2.34. The molecule has 0 heteroatoms. The Kier molecular flexibility index (Phi) is 14.5. The summed E-state index contributed by atoms with van der Waals surface area (Å²) in [6.45, 7) is 14.7. The lowest BCUT2D eigenvalue weighted by Gasteiger charge is -2.28. The van der Waals surface area contributed by atoms with Crippen LogP contribution in [-0.2, 0) is 0 Å². The molecule has 0 aromatic heterocycles. The molecule has 1 aliphatic carbocycles. The number of unbranched alkanes of at least 4 members (excludes halogenated alkanes) is 1. The minimum atomic E-state index is 0.679. The minimum absolute atomic E-state index is 0.679. The van der Waals surface area contributed by atoms with Gasteiger partial charge in [-0.15, -0.1) is 6.58 Å². The van der Waals surface area contributed by atoms with Crippen LogP contribution in [0.5, 0.6) is 0 Å². The van der Waals surface area contributed by atoms with Gasteiger partial charge < -0.3 is 0 Å². The Balaban J connectivity index is 0. The van der Waals surface area contributed by atoms with Crippen LogP contribution in [0.4, 0.5) is 0 Å². The van der Waals surface area contributed by atoms with E-state index in [1.165, 1.54) is 44.9 Å². The van der Waals surface area contributed by atoms with E-state index in [-0.39, 0.29) is 0 Å². The third-order valence-electron chi connectivity index (χ3n) is 2.70. The van der Waals surface area contributed by atoms with Crippen molar-refractivity contribution in [2.24, 2.45) is 5.41 Å². The van der Waals surface area contributed by atoms with Gasteiger partial charge in [0.2, 0.25) is 0 Å². The standard InChI is InChI=1S/C8H16.C5H10.C3H8/c1-8(2)6-4-3-5-7-8;1-3-5-4-2;1-3-2/h3-7H2,1-2H3;3H,1,4-5H2,2H3;3H2,1-2H3. The Morgan fingerprint density at radius 2 is 1.44 bits per heavy atom. The highest BCUT2D eigenvalue weighted by Gasteiger charge is 2.19. The molecule has 1 fully saturated rings. The van der Waals surface area contributed by atoms with Crippen molar-refractivity contribution >= 4 is 0 Å². The predicted octanol–water partition coefficient (Wildman–Crippen LogP) is 6.37. The molecule has 0 saturated heterocycles. The third-order valence-corrected chi connectivity index (χ3v) is 2.70. The summed E-state index contributed by atoms with van der Waals surface area (Å²) in [5, 5.41) is 0. The summed E-state index contributed by atoms with van der Waals surface area (Å²) in [6, 6.07) is 0. The summed E-state index contributed by atoms with van der Waals surface area (Å²) in [5.41, 5.74) is 0.679. The number of hydrogen-bond acceptors (Lipinski definition) is 0. The summed E-state index contributed by atoms with van der Waals surface area (Å²) in [5.74, 6) is 0. The summed E-state index contributed by atoms with van der Waals surface area (Å²) < 4.78 is 0. The maximum atomic E-state index is 3.55. The lowest BCUT2D eigenvalue weighted by Crippen LogP contribution is -2.14. The molecule has 0 N–H and O–H groups in total. The van der Waals surface area contributed by atoms with Gasteiger partial charge in [0.1, 0.15) is 0 Å². The van der Waals surface area contributed by atoms with E-state index in [0.29, 0.717) is 5.41 Å². The van der Waals surface area contributed by atoms with Crippen molar-refractivity contribution in [2.45, 2.75) is 86.0 Å². The summed E-state index contributed by atoms with van der Waals surface area (Å²) in [4.78, 5) is 0. The van der Waals surface area contributed by atoms with Crippen LogP contribution in [0.2, 0.25) is 0 Å². The fourth-order valence-electron chi connectivity index (χ4n) is 1.71. The smallest absolute Gasteiger partial charge is 0.0354 e. The molecule has 1 aliphatic rings. The molecule has 1 saturated carbocycles. The van der Waals surface area contributed by atoms with Crippen molar-refractivity contribution in [1.29, 1.82) is 0 Å². The average molecular weight is 226 g/mol. The van der Waals surface area contributed by atoms with Gasteiger partial charge in [0.05, 0.1) is 0 Å². The molecule has 16 heavy (non-hydrogen) atoms. The quantitative estimate of drug-likeness (QED) is 0.480. The molecule has 0 heterocycles. The van der Waals surface area contributed by atoms with E-state index in [1.54, 1.807) is 0 Å². The normalized spacial score (nSPS) is 17.3. The van der Waals surface area contributed by atoms with Crippen molar-refractivity contribution < 1.29 is 0 Å². The van der Waals surface area contributed by atoms with Gasteiger partial charge in [-0.05, 0) is 24.7 Å². The third kappa shape index (κ3) is 16.2. The largest absolute Gasteiger partial charge is 0.103 e. The Bertz CT molecular complexity index is 125. The monoisotopic (exact) mass is 226 g/mol. The molecule has 0 aromatic carbocycles. The van der Waals surface area contributed by atoms with Gasteiger partial charge in [0.15, 0.2) is 0 Å². The molecular weight excluding hydrogens is 192 g/mol. The Labute approximate surface area is 105 Å². The van der Waals surface area contributed by atoms with Crippen LogP contribution >= 0.6 is 0 Å². The maximum absolute atomic E-state index is 3.55. The molecule has 0 aliphatic heterocycles.